The molecule has 1 fully saturated rings. The quantitative estimate of drug-likeness (QED) is 0.898. The summed E-state index contributed by atoms with van der Waals surface area (Å²) in [5.74, 6) is 0.900. The largest absolute Gasteiger partial charge is 0.496 e. The van der Waals surface area contributed by atoms with Gasteiger partial charge in [0.1, 0.15) is 5.75 Å². The second kappa shape index (κ2) is 6.41. The van der Waals surface area contributed by atoms with Gasteiger partial charge in [-0.15, -0.1) is 0 Å². The molecule has 1 saturated carbocycles. The molecule has 1 N–H and O–H groups in total. The van der Waals surface area contributed by atoms with Gasteiger partial charge in [0.2, 0.25) is 0 Å². The molecule has 0 heterocycles. The summed E-state index contributed by atoms with van der Waals surface area (Å²) in [5.41, 5.74) is 1.35. The van der Waals surface area contributed by atoms with Crippen molar-refractivity contribution in [3.8, 4) is 5.75 Å². The van der Waals surface area contributed by atoms with Crippen molar-refractivity contribution in [3.05, 3.63) is 28.2 Å². The van der Waals surface area contributed by atoms with Crippen LogP contribution in [-0.2, 0) is 6.42 Å². The van der Waals surface area contributed by atoms with Gasteiger partial charge < -0.3 is 10.1 Å². The maximum atomic E-state index is 5.22. The first-order valence-corrected chi connectivity index (χ1v) is 7.14. The Morgan fingerprint density at radius 3 is 2.76 bits per heavy atom. The van der Waals surface area contributed by atoms with Crippen LogP contribution in [0.5, 0.6) is 5.75 Å². The molecule has 17 heavy (non-hydrogen) atoms. The van der Waals surface area contributed by atoms with Crippen LogP contribution in [0.4, 0.5) is 0 Å². The van der Waals surface area contributed by atoms with Crippen LogP contribution in [0.25, 0.3) is 0 Å². The Hall–Kier alpha value is -0.540. The minimum atomic E-state index is 0.761. The number of methoxy groups -OCH3 is 1. The predicted molar refractivity (Wildman–Crippen MR) is 74.7 cm³/mol. The van der Waals surface area contributed by atoms with Crippen LogP contribution >= 0.6 is 15.9 Å². The molecule has 1 aliphatic rings. The van der Waals surface area contributed by atoms with E-state index in [9.17, 15) is 0 Å². The Morgan fingerprint density at radius 1 is 1.35 bits per heavy atom. The maximum absolute atomic E-state index is 5.22. The third kappa shape index (κ3) is 3.71. The fraction of sp³-hybridized carbons (Fsp3) is 0.571. The van der Waals surface area contributed by atoms with Crippen molar-refractivity contribution < 1.29 is 4.74 Å². The van der Waals surface area contributed by atoms with E-state index in [4.69, 9.17) is 4.74 Å². The molecule has 0 saturated heterocycles. The molecule has 94 valence electrons. The molecule has 1 aromatic rings. The van der Waals surface area contributed by atoms with Crippen molar-refractivity contribution >= 4 is 15.9 Å². The van der Waals surface area contributed by atoms with Gasteiger partial charge in [-0.25, -0.2) is 0 Å². The summed E-state index contributed by atoms with van der Waals surface area (Å²) < 4.78 is 6.26. The lowest BCUT2D eigenvalue weighted by Crippen LogP contribution is -2.27. The molecule has 2 rings (SSSR count). The highest BCUT2D eigenvalue weighted by atomic mass is 79.9. The monoisotopic (exact) mass is 297 g/mol. The van der Waals surface area contributed by atoms with Gasteiger partial charge in [0.25, 0.3) is 0 Å². The zero-order valence-corrected chi connectivity index (χ0v) is 11.9. The SMILES string of the molecule is COc1ccc(CCNC2CCCC2)cc1Br. The number of nitrogens with one attached hydrogen (secondary N) is 1. The summed E-state index contributed by atoms with van der Waals surface area (Å²) in [6, 6.07) is 7.07. The third-order valence-corrected chi connectivity index (χ3v) is 4.04. The van der Waals surface area contributed by atoms with Gasteiger partial charge >= 0.3 is 0 Å². The lowest BCUT2D eigenvalue weighted by atomic mass is 10.1. The van der Waals surface area contributed by atoms with Gasteiger partial charge in [0.05, 0.1) is 11.6 Å². The lowest BCUT2D eigenvalue weighted by molar-refractivity contribution is 0.412. The molecule has 1 aliphatic carbocycles. The van der Waals surface area contributed by atoms with Crippen LogP contribution in [0.1, 0.15) is 31.2 Å². The van der Waals surface area contributed by atoms with Gasteiger partial charge in [-0.1, -0.05) is 18.9 Å². The van der Waals surface area contributed by atoms with Gasteiger partial charge in [0.15, 0.2) is 0 Å². The number of hydrogen-bond donors (Lipinski definition) is 1. The van der Waals surface area contributed by atoms with E-state index in [0.717, 1.165) is 29.2 Å². The molecular formula is C14H20BrNO. The summed E-state index contributed by atoms with van der Waals surface area (Å²) in [5, 5.41) is 3.63. The van der Waals surface area contributed by atoms with Crippen LogP contribution in [0, 0.1) is 0 Å². The van der Waals surface area contributed by atoms with Crippen molar-refractivity contribution in [1.29, 1.82) is 0 Å². The number of ether oxygens (including phenoxy) is 1. The fourth-order valence-corrected chi connectivity index (χ4v) is 3.00. The second-order valence-electron chi connectivity index (χ2n) is 4.65. The summed E-state index contributed by atoms with van der Waals surface area (Å²) in [6.45, 7) is 1.07. The van der Waals surface area contributed by atoms with Crippen molar-refractivity contribution in [3.63, 3.8) is 0 Å². The number of halogens is 1. The van der Waals surface area contributed by atoms with Gasteiger partial charge in [-0.2, -0.15) is 0 Å². The van der Waals surface area contributed by atoms with E-state index in [0.29, 0.717) is 0 Å². The summed E-state index contributed by atoms with van der Waals surface area (Å²) in [4.78, 5) is 0. The predicted octanol–water partition coefficient (Wildman–Crippen LogP) is 3.53. The van der Waals surface area contributed by atoms with E-state index >= 15 is 0 Å². The third-order valence-electron chi connectivity index (χ3n) is 3.42. The first-order valence-electron chi connectivity index (χ1n) is 6.35. The topological polar surface area (TPSA) is 21.3 Å². The van der Waals surface area contributed by atoms with Crippen LogP contribution in [-0.4, -0.2) is 19.7 Å². The Bertz CT molecular complexity index is 361. The standard InChI is InChI=1S/C14H20BrNO/c1-17-14-7-6-11(10-13(14)15)8-9-16-12-4-2-3-5-12/h6-7,10,12,16H,2-5,8-9H2,1H3. The Morgan fingerprint density at radius 2 is 2.12 bits per heavy atom. The molecule has 1 aromatic carbocycles. The molecule has 0 radical (unpaired) electrons. The molecule has 2 nitrogen and oxygen atoms in total. The minimum absolute atomic E-state index is 0.761. The summed E-state index contributed by atoms with van der Waals surface area (Å²) in [6.07, 6.45) is 6.58. The number of benzene rings is 1. The smallest absolute Gasteiger partial charge is 0.133 e. The van der Waals surface area contributed by atoms with E-state index in [1.54, 1.807) is 7.11 Å². The van der Waals surface area contributed by atoms with Gasteiger partial charge in [-0.3, -0.25) is 0 Å². The zero-order chi connectivity index (χ0) is 12.1. The van der Waals surface area contributed by atoms with E-state index in [1.807, 2.05) is 6.07 Å². The van der Waals surface area contributed by atoms with Gasteiger partial charge in [-0.05, 0) is 59.4 Å². The highest BCUT2D eigenvalue weighted by Gasteiger charge is 2.13. The van der Waals surface area contributed by atoms with E-state index in [2.05, 4.69) is 33.4 Å². The molecule has 0 aliphatic heterocycles. The van der Waals surface area contributed by atoms with E-state index < -0.39 is 0 Å². The maximum Gasteiger partial charge on any atom is 0.133 e. The van der Waals surface area contributed by atoms with Crippen molar-refractivity contribution in [1.82, 2.24) is 5.32 Å². The normalized spacial score (nSPS) is 16.4. The molecule has 0 spiro atoms. The molecular weight excluding hydrogens is 278 g/mol. The average Bonchev–Trinajstić information content (AvgIpc) is 2.82. The highest BCUT2D eigenvalue weighted by Crippen LogP contribution is 2.25. The van der Waals surface area contributed by atoms with Crippen LogP contribution in [0.15, 0.2) is 22.7 Å². The van der Waals surface area contributed by atoms with E-state index in [1.165, 1.54) is 31.2 Å². The zero-order valence-electron chi connectivity index (χ0n) is 10.3. The van der Waals surface area contributed by atoms with E-state index in [-0.39, 0.29) is 0 Å². The Kier molecular flexibility index (Phi) is 4.86. The molecule has 3 heteroatoms. The first kappa shape index (κ1) is 12.9. The van der Waals surface area contributed by atoms with Crippen molar-refractivity contribution in [2.24, 2.45) is 0 Å². The van der Waals surface area contributed by atoms with Crippen LogP contribution in [0.3, 0.4) is 0 Å². The molecule has 0 bridgehead atoms. The average molecular weight is 298 g/mol. The first-order chi connectivity index (χ1) is 8.29. The van der Waals surface area contributed by atoms with Gasteiger partial charge in [0, 0.05) is 6.04 Å². The Labute approximate surface area is 112 Å². The summed E-state index contributed by atoms with van der Waals surface area (Å²) >= 11 is 3.52. The minimum Gasteiger partial charge on any atom is -0.496 e. The molecule has 0 aromatic heterocycles. The lowest BCUT2D eigenvalue weighted by Gasteiger charge is -2.12. The Balaban J connectivity index is 1.80. The van der Waals surface area contributed by atoms with Crippen LogP contribution < -0.4 is 10.1 Å². The second-order valence-corrected chi connectivity index (χ2v) is 5.51. The summed E-state index contributed by atoms with van der Waals surface area (Å²) in [7, 11) is 1.70. The number of hydrogen-bond acceptors (Lipinski definition) is 2. The molecule has 0 unspecified atom stereocenters. The fourth-order valence-electron chi connectivity index (χ4n) is 2.42. The molecule has 0 atom stereocenters. The van der Waals surface area contributed by atoms with Crippen molar-refractivity contribution in [2.75, 3.05) is 13.7 Å². The van der Waals surface area contributed by atoms with Crippen molar-refractivity contribution in [2.45, 2.75) is 38.1 Å². The highest BCUT2D eigenvalue weighted by molar-refractivity contribution is 9.10. The number of rotatable bonds is 5. The van der Waals surface area contributed by atoms with Crippen LogP contribution in [0.2, 0.25) is 0 Å². The molecule has 0 amide bonds.